The molecule has 6 rings (SSSR count). The summed E-state index contributed by atoms with van der Waals surface area (Å²) < 4.78 is 5.39. The highest BCUT2D eigenvalue weighted by Gasteiger charge is 2.25. The number of imidazole rings is 1. The molecule has 0 radical (unpaired) electrons. The molecule has 0 spiro atoms. The Hall–Kier alpha value is -3.08. The highest BCUT2D eigenvalue weighted by molar-refractivity contribution is 9.10. The van der Waals surface area contributed by atoms with Gasteiger partial charge in [-0.2, -0.15) is 8.97 Å². The van der Waals surface area contributed by atoms with Crippen molar-refractivity contribution in [1.82, 2.24) is 9.55 Å². The van der Waals surface area contributed by atoms with E-state index in [0.717, 1.165) is 38.0 Å². The van der Waals surface area contributed by atoms with Gasteiger partial charge in [0.25, 0.3) is 6.33 Å². The van der Waals surface area contributed by atoms with E-state index in [4.69, 9.17) is 11.6 Å². The first-order chi connectivity index (χ1) is 14.7. The number of rotatable bonds is 2. The molecule has 3 heterocycles. The number of aromatic nitrogens is 3. The lowest BCUT2D eigenvalue weighted by molar-refractivity contribution is -0.510. The molecular formula is C25H16BrClN3+. The summed E-state index contributed by atoms with van der Waals surface area (Å²) in [5.41, 5.74) is 6.52. The highest BCUT2D eigenvalue weighted by atomic mass is 79.9. The predicted octanol–water partition coefficient (Wildman–Crippen LogP) is 6.93. The first kappa shape index (κ1) is 17.8. The molecular weight excluding hydrogens is 458 g/mol. The minimum absolute atomic E-state index is 0.713. The van der Waals surface area contributed by atoms with Crippen molar-refractivity contribution < 1.29 is 4.40 Å². The third-order valence-corrected chi connectivity index (χ3v) is 6.43. The summed E-state index contributed by atoms with van der Waals surface area (Å²) in [6, 6.07) is 26.9. The van der Waals surface area contributed by atoms with Crippen LogP contribution in [0.25, 0.3) is 44.3 Å². The summed E-state index contributed by atoms with van der Waals surface area (Å²) in [5, 5.41) is 3.15. The van der Waals surface area contributed by atoms with Crippen LogP contribution in [0.15, 0.2) is 95.9 Å². The van der Waals surface area contributed by atoms with E-state index in [1.807, 2.05) is 24.3 Å². The maximum Gasteiger partial charge on any atom is 0.254 e. The average molecular weight is 474 g/mol. The van der Waals surface area contributed by atoms with E-state index < -0.39 is 0 Å². The molecule has 0 atom stereocenters. The topological polar surface area (TPSA) is 24.8 Å². The third-order valence-electron chi connectivity index (χ3n) is 5.58. The van der Waals surface area contributed by atoms with E-state index in [-0.39, 0.29) is 0 Å². The Morgan fingerprint density at radius 3 is 2.43 bits per heavy atom. The van der Waals surface area contributed by atoms with Gasteiger partial charge in [0.15, 0.2) is 11.4 Å². The molecule has 6 aromatic rings. The van der Waals surface area contributed by atoms with Crippen LogP contribution in [0, 0.1) is 0 Å². The van der Waals surface area contributed by atoms with Crippen LogP contribution in [0.2, 0.25) is 5.02 Å². The van der Waals surface area contributed by atoms with Gasteiger partial charge in [-0.15, -0.1) is 0 Å². The maximum atomic E-state index is 6.61. The van der Waals surface area contributed by atoms with E-state index in [9.17, 15) is 0 Å². The zero-order chi connectivity index (χ0) is 20.2. The number of fused-ring (bicyclic) bond motifs is 5. The highest BCUT2D eigenvalue weighted by Crippen LogP contribution is 2.35. The fraction of sp³-hybridized carbons (Fsp3) is 0. The van der Waals surface area contributed by atoms with Crippen LogP contribution < -0.4 is 4.40 Å². The van der Waals surface area contributed by atoms with Crippen molar-refractivity contribution in [3.8, 4) is 16.9 Å². The normalized spacial score (nSPS) is 11.7. The van der Waals surface area contributed by atoms with E-state index in [1.165, 1.54) is 10.8 Å². The molecule has 0 fully saturated rings. The van der Waals surface area contributed by atoms with E-state index in [1.54, 1.807) is 0 Å². The zero-order valence-electron chi connectivity index (χ0n) is 15.8. The Balaban J connectivity index is 1.80. The monoisotopic (exact) mass is 472 g/mol. The first-order valence-electron chi connectivity index (χ1n) is 9.67. The molecule has 0 saturated heterocycles. The quantitative estimate of drug-likeness (QED) is 0.264. The minimum atomic E-state index is 0.713. The van der Waals surface area contributed by atoms with Crippen molar-refractivity contribution in [2.75, 3.05) is 0 Å². The van der Waals surface area contributed by atoms with Crippen LogP contribution >= 0.6 is 27.5 Å². The largest absolute Gasteiger partial charge is 0.351 e. The van der Waals surface area contributed by atoms with Gasteiger partial charge in [0.05, 0.1) is 16.7 Å². The number of pyridine rings is 1. The van der Waals surface area contributed by atoms with Gasteiger partial charge in [-0.1, -0.05) is 57.9 Å². The van der Waals surface area contributed by atoms with Crippen molar-refractivity contribution in [3.05, 3.63) is 101 Å². The van der Waals surface area contributed by atoms with Crippen molar-refractivity contribution >= 4 is 54.9 Å². The summed E-state index contributed by atoms with van der Waals surface area (Å²) in [4.78, 5) is 3.65. The van der Waals surface area contributed by atoms with Crippen LogP contribution in [0.3, 0.4) is 0 Å². The second-order valence-electron chi connectivity index (χ2n) is 7.32. The molecule has 30 heavy (non-hydrogen) atoms. The molecule has 0 amide bonds. The van der Waals surface area contributed by atoms with Gasteiger partial charge in [-0.3, -0.25) is 0 Å². The summed E-state index contributed by atoms with van der Waals surface area (Å²) in [6.07, 6.45) is 4.21. The van der Waals surface area contributed by atoms with Crippen molar-refractivity contribution in [1.29, 1.82) is 0 Å². The van der Waals surface area contributed by atoms with E-state index in [0.29, 0.717) is 5.02 Å². The van der Waals surface area contributed by atoms with Gasteiger partial charge < -0.3 is 4.98 Å². The average Bonchev–Trinajstić information content (AvgIpc) is 3.33. The van der Waals surface area contributed by atoms with Crippen molar-refractivity contribution in [2.24, 2.45) is 0 Å². The SMILES string of the molecule is Clc1ccccc1-n1c[n+]2ccc3c4ccccc4[nH]c3c2c1-c1ccc(Br)cc1. The smallest absolute Gasteiger partial charge is 0.254 e. The van der Waals surface area contributed by atoms with E-state index in [2.05, 4.69) is 97.0 Å². The van der Waals surface area contributed by atoms with Crippen molar-refractivity contribution in [3.63, 3.8) is 0 Å². The molecule has 0 aliphatic heterocycles. The van der Waals surface area contributed by atoms with Gasteiger partial charge in [-0.05, 0) is 48.5 Å². The lowest BCUT2D eigenvalue weighted by Crippen LogP contribution is -2.17. The van der Waals surface area contributed by atoms with Crippen LogP contribution in [-0.2, 0) is 0 Å². The molecule has 144 valence electrons. The maximum absolute atomic E-state index is 6.61. The second kappa shape index (κ2) is 6.73. The number of hydrogen-bond donors (Lipinski definition) is 1. The van der Waals surface area contributed by atoms with Gasteiger partial charge in [-0.25, -0.2) is 0 Å². The molecule has 0 aliphatic carbocycles. The molecule has 0 saturated carbocycles. The number of para-hydroxylation sites is 2. The molecule has 3 aromatic carbocycles. The number of H-pyrrole nitrogens is 1. The van der Waals surface area contributed by atoms with Gasteiger partial charge >= 0.3 is 0 Å². The summed E-state index contributed by atoms with van der Waals surface area (Å²) >= 11 is 10.2. The van der Waals surface area contributed by atoms with Gasteiger partial charge in [0, 0.05) is 26.3 Å². The number of nitrogens with one attached hydrogen (secondary N) is 1. The molecule has 0 bridgehead atoms. The molecule has 1 N–H and O–H groups in total. The predicted molar refractivity (Wildman–Crippen MR) is 126 cm³/mol. The molecule has 3 nitrogen and oxygen atoms in total. The fourth-order valence-electron chi connectivity index (χ4n) is 4.23. The lowest BCUT2D eigenvalue weighted by Gasteiger charge is -2.04. The number of hydrogen-bond acceptors (Lipinski definition) is 0. The van der Waals surface area contributed by atoms with Gasteiger partial charge in [0.2, 0.25) is 5.52 Å². The summed E-state index contributed by atoms with van der Waals surface area (Å²) in [5.74, 6) is 0. The number of aromatic amines is 1. The Kier molecular flexibility index (Phi) is 3.98. The standard InChI is InChI=1S/C25H16BrClN3/c26-17-11-9-16(10-12-17)24-25-23-19(18-5-1-3-7-21(18)28-23)13-14-29(25)15-30(24)22-8-4-2-6-20(22)27/h1-15,28H/q+1. The Morgan fingerprint density at radius 1 is 0.833 bits per heavy atom. The third kappa shape index (κ3) is 2.61. The van der Waals surface area contributed by atoms with Crippen LogP contribution in [0.1, 0.15) is 0 Å². The molecule has 3 aromatic heterocycles. The van der Waals surface area contributed by atoms with Gasteiger partial charge in [0.1, 0.15) is 0 Å². The molecule has 0 aliphatic rings. The first-order valence-corrected chi connectivity index (χ1v) is 10.8. The lowest BCUT2D eigenvalue weighted by atomic mass is 10.1. The summed E-state index contributed by atoms with van der Waals surface area (Å²) in [7, 11) is 0. The second-order valence-corrected chi connectivity index (χ2v) is 8.65. The van der Waals surface area contributed by atoms with Crippen LogP contribution in [0.4, 0.5) is 0 Å². The Labute approximate surface area is 186 Å². The molecule has 0 unspecified atom stereocenters. The Morgan fingerprint density at radius 2 is 1.60 bits per heavy atom. The molecule has 5 heteroatoms. The number of nitrogens with zero attached hydrogens (tertiary/aromatic N) is 2. The fourth-order valence-corrected chi connectivity index (χ4v) is 4.72. The number of benzene rings is 3. The zero-order valence-corrected chi connectivity index (χ0v) is 18.2. The van der Waals surface area contributed by atoms with Crippen molar-refractivity contribution in [2.45, 2.75) is 0 Å². The minimum Gasteiger partial charge on any atom is -0.351 e. The van der Waals surface area contributed by atoms with Crippen LogP contribution in [-0.4, -0.2) is 9.55 Å². The van der Waals surface area contributed by atoms with E-state index >= 15 is 0 Å². The summed E-state index contributed by atoms with van der Waals surface area (Å²) in [6.45, 7) is 0. The van der Waals surface area contributed by atoms with Crippen LogP contribution in [0.5, 0.6) is 0 Å². The Bertz CT molecular complexity index is 1560. The number of halogens is 2.